The zero-order valence-electron chi connectivity index (χ0n) is 9.23. The molecular formula is C12H11F3N2. The van der Waals surface area contributed by atoms with Crippen molar-refractivity contribution < 1.29 is 13.2 Å². The number of hydrogen-bond donors (Lipinski definition) is 1. The predicted octanol–water partition coefficient (Wildman–Crippen LogP) is 2.46. The van der Waals surface area contributed by atoms with Gasteiger partial charge in [-0.05, 0) is 31.2 Å². The molecule has 90 valence electrons. The van der Waals surface area contributed by atoms with Crippen LogP contribution in [0.5, 0.6) is 0 Å². The summed E-state index contributed by atoms with van der Waals surface area (Å²) >= 11 is 0. The van der Waals surface area contributed by atoms with Crippen molar-refractivity contribution in [3.63, 3.8) is 0 Å². The van der Waals surface area contributed by atoms with E-state index < -0.39 is 17.5 Å². The van der Waals surface area contributed by atoms with Gasteiger partial charge in [0.1, 0.15) is 5.52 Å². The molecule has 1 aromatic heterocycles. The molecule has 0 bridgehead atoms. The van der Waals surface area contributed by atoms with Gasteiger partial charge < -0.3 is 5.73 Å². The van der Waals surface area contributed by atoms with E-state index in [-0.39, 0.29) is 10.9 Å². The molecule has 5 heteroatoms. The molecule has 0 radical (unpaired) electrons. The molecule has 0 saturated heterocycles. The Morgan fingerprint density at radius 1 is 1.18 bits per heavy atom. The van der Waals surface area contributed by atoms with E-state index in [4.69, 9.17) is 5.73 Å². The average molecular weight is 240 g/mol. The first-order valence-electron chi connectivity index (χ1n) is 5.18. The van der Waals surface area contributed by atoms with Gasteiger partial charge in [-0.15, -0.1) is 0 Å². The van der Waals surface area contributed by atoms with Crippen molar-refractivity contribution in [2.24, 2.45) is 5.73 Å². The first-order valence-corrected chi connectivity index (χ1v) is 5.18. The maximum absolute atomic E-state index is 13.6. The summed E-state index contributed by atoms with van der Waals surface area (Å²) in [5.74, 6) is -3.94. The largest absolute Gasteiger partial charge is 0.330 e. The fourth-order valence-electron chi connectivity index (χ4n) is 1.77. The summed E-state index contributed by atoms with van der Waals surface area (Å²) in [7, 11) is 0. The second-order valence-electron chi connectivity index (χ2n) is 3.85. The van der Waals surface area contributed by atoms with Crippen molar-refractivity contribution >= 4 is 10.9 Å². The van der Waals surface area contributed by atoms with Gasteiger partial charge in [0.15, 0.2) is 17.5 Å². The van der Waals surface area contributed by atoms with Crippen molar-refractivity contribution in [3.8, 4) is 0 Å². The van der Waals surface area contributed by atoms with Crippen molar-refractivity contribution in [1.29, 1.82) is 0 Å². The normalized spacial score (nSPS) is 11.1. The minimum Gasteiger partial charge on any atom is -0.330 e. The zero-order chi connectivity index (χ0) is 12.6. The van der Waals surface area contributed by atoms with E-state index in [1.807, 2.05) is 0 Å². The SMILES string of the molecule is Cc1cc(CCN)nc2c(F)c(F)c(F)cc12. The van der Waals surface area contributed by atoms with Crippen LogP contribution >= 0.6 is 0 Å². The van der Waals surface area contributed by atoms with Crippen LogP contribution in [0.1, 0.15) is 11.3 Å². The van der Waals surface area contributed by atoms with Crippen LogP contribution in [0.25, 0.3) is 10.9 Å². The third-order valence-corrected chi connectivity index (χ3v) is 2.60. The Bertz CT molecular complexity index is 582. The maximum atomic E-state index is 13.6. The van der Waals surface area contributed by atoms with E-state index in [1.54, 1.807) is 13.0 Å². The highest BCUT2D eigenvalue weighted by molar-refractivity contribution is 5.83. The van der Waals surface area contributed by atoms with Crippen LogP contribution in [0.4, 0.5) is 13.2 Å². The fraction of sp³-hybridized carbons (Fsp3) is 0.250. The van der Waals surface area contributed by atoms with Gasteiger partial charge in [-0.2, -0.15) is 0 Å². The standard InChI is InChI=1S/C12H11F3N2/c1-6-4-7(2-3-16)17-12-8(6)5-9(13)10(14)11(12)15/h4-5H,2-3,16H2,1H3. The molecule has 0 atom stereocenters. The monoisotopic (exact) mass is 240 g/mol. The zero-order valence-corrected chi connectivity index (χ0v) is 9.23. The summed E-state index contributed by atoms with van der Waals surface area (Å²) in [5.41, 5.74) is 6.45. The summed E-state index contributed by atoms with van der Waals surface area (Å²) in [4.78, 5) is 3.97. The smallest absolute Gasteiger partial charge is 0.196 e. The molecule has 0 aliphatic carbocycles. The molecule has 1 aromatic carbocycles. The van der Waals surface area contributed by atoms with Crippen molar-refractivity contribution in [2.45, 2.75) is 13.3 Å². The Hall–Kier alpha value is -1.62. The van der Waals surface area contributed by atoms with E-state index >= 15 is 0 Å². The van der Waals surface area contributed by atoms with Gasteiger partial charge in [-0.25, -0.2) is 18.2 Å². The van der Waals surface area contributed by atoms with Crippen molar-refractivity contribution in [3.05, 3.63) is 40.8 Å². The highest BCUT2D eigenvalue weighted by atomic mass is 19.2. The lowest BCUT2D eigenvalue weighted by Crippen LogP contribution is -2.06. The second-order valence-corrected chi connectivity index (χ2v) is 3.85. The molecule has 1 heterocycles. The summed E-state index contributed by atoms with van der Waals surface area (Å²) < 4.78 is 39.7. The van der Waals surface area contributed by atoms with Crippen LogP contribution in [-0.2, 0) is 6.42 Å². The van der Waals surface area contributed by atoms with Gasteiger partial charge in [-0.1, -0.05) is 0 Å². The number of aromatic nitrogens is 1. The van der Waals surface area contributed by atoms with Crippen LogP contribution in [0.15, 0.2) is 12.1 Å². The Labute approximate surface area is 96.3 Å². The minimum atomic E-state index is -1.49. The van der Waals surface area contributed by atoms with Crippen LogP contribution in [0.3, 0.4) is 0 Å². The number of benzene rings is 1. The number of halogens is 3. The molecule has 0 saturated carbocycles. The Balaban J connectivity index is 2.78. The lowest BCUT2D eigenvalue weighted by molar-refractivity contribution is 0.452. The number of fused-ring (bicyclic) bond motifs is 1. The van der Waals surface area contributed by atoms with E-state index in [0.717, 1.165) is 6.07 Å². The van der Waals surface area contributed by atoms with Gasteiger partial charge in [0.05, 0.1) is 0 Å². The molecule has 2 N–H and O–H groups in total. The second kappa shape index (κ2) is 4.33. The molecule has 2 rings (SSSR count). The molecule has 2 aromatic rings. The third kappa shape index (κ3) is 1.98. The summed E-state index contributed by atoms with van der Waals surface area (Å²) in [5, 5.41) is 0.280. The highest BCUT2D eigenvalue weighted by Crippen LogP contribution is 2.24. The lowest BCUT2D eigenvalue weighted by atomic mass is 10.1. The quantitative estimate of drug-likeness (QED) is 0.819. The first-order chi connectivity index (χ1) is 8.04. The maximum Gasteiger partial charge on any atom is 0.196 e. The van der Waals surface area contributed by atoms with Crippen molar-refractivity contribution in [2.75, 3.05) is 6.54 Å². The Morgan fingerprint density at radius 2 is 1.88 bits per heavy atom. The number of aryl methyl sites for hydroxylation is 1. The Kier molecular flexibility index (Phi) is 3.02. The van der Waals surface area contributed by atoms with E-state index in [9.17, 15) is 13.2 Å². The number of nitrogens with zero attached hydrogens (tertiary/aromatic N) is 1. The lowest BCUT2D eigenvalue weighted by Gasteiger charge is -2.07. The van der Waals surface area contributed by atoms with Crippen LogP contribution < -0.4 is 5.73 Å². The molecule has 17 heavy (non-hydrogen) atoms. The topological polar surface area (TPSA) is 38.9 Å². The van der Waals surface area contributed by atoms with Gasteiger partial charge >= 0.3 is 0 Å². The molecule has 2 nitrogen and oxygen atoms in total. The van der Waals surface area contributed by atoms with Crippen LogP contribution in [0.2, 0.25) is 0 Å². The van der Waals surface area contributed by atoms with Crippen LogP contribution in [0, 0.1) is 24.4 Å². The van der Waals surface area contributed by atoms with Gasteiger partial charge in [0.2, 0.25) is 0 Å². The third-order valence-electron chi connectivity index (χ3n) is 2.60. The fourth-order valence-corrected chi connectivity index (χ4v) is 1.77. The number of hydrogen-bond acceptors (Lipinski definition) is 2. The molecule has 0 fully saturated rings. The summed E-state index contributed by atoms with van der Waals surface area (Å²) in [6, 6.07) is 2.66. The van der Waals surface area contributed by atoms with Gasteiger partial charge in [-0.3, -0.25) is 0 Å². The molecule has 0 spiro atoms. The number of nitrogens with two attached hydrogens (primary N) is 1. The summed E-state index contributed by atoms with van der Waals surface area (Å²) in [6.45, 7) is 2.06. The minimum absolute atomic E-state index is 0.146. The first kappa shape index (κ1) is 11.9. The van der Waals surface area contributed by atoms with E-state index in [1.165, 1.54) is 0 Å². The van der Waals surface area contributed by atoms with Crippen molar-refractivity contribution in [1.82, 2.24) is 4.98 Å². The van der Waals surface area contributed by atoms with Gasteiger partial charge in [0, 0.05) is 17.5 Å². The number of rotatable bonds is 2. The van der Waals surface area contributed by atoms with Gasteiger partial charge in [0.25, 0.3) is 0 Å². The number of pyridine rings is 1. The Morgan fingerprint density at radius 3 is 2.53 bits per heavy atom. The summed E-state index contributed by atoms with van der Waals surface area (Å²) in [6.07, 6.45) is 0.467. The highest BCUT2D eigenvalue weighted by Gasteiger charge is 2.16. The molecular weight excluding hydrogens is 229 g/mol. The molecule has 0 aliphatic heterocycles. The average Bonchev–Trinajstić information content (AvgIpc) is 2.29. The van der Waals surface area contributed by atoms with E-state index in [0.29, 0.717) is 24.2 Å². The molecule has 0 unspecified atom stereocenters. The predicted molar refractivity (Wildman–Crippen MR) is 59.1 cm³/mol. The molecule has 0 aliphatic rings. The van der Waals surface area contributed by atoms with E-state index in [2.05, 4.69) is 4.98 Å². The molecule has 0 amide bonds. The van der Waals surface area contributed by atoms with Crippen LogP contribution in [-0.4, -0.2) is 11.5 Å².